The lowest BCUT2D eigenvalue weighted by molar-refractivity contribution is 0.0796. The molecule has 12 nitrogen and oxygen atoms in total. The van der Waals surface area contributed by atoms with Crippen LogP contribution in [0.3, 0.4) is 0 Å². The van der Waals surface area contributed by atoms with Crippen molar-refractivity contribution in [3.8, 4) is 34.5 Å². The van der Waals surface area contributed by atoms with E-state index >= 15 is 0 Å². The van der Waals surface area contributed by atoms with E-state index in [-0.39, 0.29) is 25.3 Å². The van der Waals surface area contributed by atoms with Crippen LogP contribution in [0.15, 0.2) is 77.9 Å². The quantitative estimate of drug-likeness (QED) is 0.261. The van der Waals surface area contributed by atoms with Gasteiger partial charge in [0.05, 0.1) is 48.9 Å². The normalized spacial score (nSPS) is 16.1. The van der Waals surface area contributed by atoms with Crippen molar-refractivity contribution < 1.29 is 19.4 Å². The van der Waals surface area contributed by atoms with Crippen LogP contribution in [0.4, 0.5) is 4.79 Å². The summed E-state index contributed by atoms with van der Waals surface area (Å²) >= 11 is 0. The number of ether oxygens (including phenoxy) is 2. The number of aliphatic hydroxyl groups is 1. The number of nitrogens with zero attached hydrogens (tertiary/aromatic N) is 5. The fourth-order valence-electron chi connectivity index (χ4n) is 4.25. The molecule has 208 valence electrons. The van der Waals surface area contributed by atoms with E-state index in [0.29, 0.717) is 35.8 Å². The number of β-amino-alcohol motifs (C(OH)–C–C–N with tert-alkyl or cyclic N) is 1. The topological polar surface area (TPSA) is 164 Å². The smallest absolute Gasteiger partial charge is 0.408 e. The summed E-state index contributed by atoms with van der Waals surface area (Å²) in [7, 11) is 0. The second-order valence-electron chi connectivity index (χ2n) is 9.32. The van der Waals surface area contributed by atoms with Gasteiger partial charge in [-0.1, -0.05) is 30.3 Å². The fourth-order valence-corrected chi connectivity index (χ4v) is 4.25. The van der Waals surface area contributed by atoms with E-state index in [1.54, 1.807) is 36.7 Å². The third kappa shape index (κ3) is 7.30. The molecule has 0 bridgehead atoms. The summed E-state index contributed by atoms with van der Waals surface area (Å²) in [5.41, 5.74) is 3.21. The van der Waals surface area contributed by atoms with Gasteiger partial charge in [-0.05, 0) is 29.8 Å². The molecule has 3 N–H and O–H groups in total. The summed E-state index contributed by atoms with van der Waals surface area (Å²) < 4.78 is 12.1. The Morgan fingerprint density at radius 1 is 1.12 bits per heavy atom. The molecule has 41 heavy (non-hydrogen) atoms. The number of alkyl carbamates (subject to hydrolysis) is 1. The van der Waals surface area contributed by atoms with E-state index < -0.39 is 18.4 Å². The van der Waals surface area contributed by atoms with Crippen LogP contribution in [-0.2, 0) is 11.3 Å². The van der Waals surface area contributed by atoms with Crippen molar-refractivity contribution in [3.05, 3.63) is 94.5 Å². The Hall–Kier alpha value is -5.12. The van der Waals surface area contributed by atoms with Crippen LogP contribution in [-0.4, -0.2) is 63.0 Å². The van der Waals surface area contributed by atoms with Crippen molar-refractivity contribution in [2.75, 3.05) is 19.7 Å². The minimum Gasteiger partial charge on any atom is -0.489 e. The minimum absolute atomic E-state index is 0.190. The molecule has 1 saturated heterocycles. The number of nitriles is 1. The number of carbonyl (C=O) groups is 1. The Kier molecular flexibility index (Phi) is 8.58. The molecule has 0 spiro atoms. The van der Waals surface area contributed by atoms with Gasteiger partial charge in [-0.15, -0.1) is 0 Å². The average molecular weight is 554 g/mol. The molecule has 2 atom stereocenters. The van der Waals surface area contributed by atoms with Gasteiger partial charge in [0.2, 0.25) is 0 Å². The molecule has 1 fully saturated rings. The maximum absolute atomic E-state index is 12.5. The summed E-state index contributed by atoms with van der Waals surface area (Å²) in [6.07, 6.45) is 1.84. The highest BCUT2D eigenvalue weighted by Gasteiger charge is 2.25. The summed E-state index contributed by atoms with van der Waals surface area (Å²) in [5, 5.41) is 28.6. The standard InChI is InChI=1S/C29H27N7O5/c30-14-19-3-1-5-21(11-19)25-7-8-27(38)36(35-25)18-20-4-2-6-22(12-20)28-33-16-24(17-34-28)40-10-9-31-29(39)41-26-13-23(37)15-32-26/h1-8,11-12,16-17,23,26,32,37H,9-10,13,15,18H2,(H,31,39)/t23-,26+/m1/s1. The zero-order chi connectivity index (χ0) is 28.6. The molecule has 2 aromatic carbocycles. The molecule has 3 heterocycles. The summed E-state index contributed by atoms with van der Waals surface area (Å²) in [6, 6.07) is 19.8. The second kappa shape index (κ2) is 12.8. The Labute approximate surface area is 235 Å². The van der Waals surface area contributed by atoms with Gasteiger partial charge in [0, 0.05) is 30.2 Å². The molecule has 1 amide bonds. The van der Waals surface area contributed by atoms with E-state index in [0.717, 1.165) is 16.7 Å². The van der Waals surface area contributed by atoms with Crippen LogP contribution in [0.25, 0.3) is 22.6 Å². The zero-order valence-corrected chi connectivity index (χ0v) is 21.9. The SMILES string of the molecule is N#Cc1cccc(-c2ccc(=O)n(Cc3cccc(-c4ncc(OCCNC(=O)O[C@H]5C[C@@H](O)CN5)cn4)c3)n2)c1. The highest BCUT2D eigenvalue weighted by molar-refractivity contribution is 5.67. The first kappa shape index (κ1) is 27.4. The van der Waals surface area contributed by atoms with Crippen molar-refractivity contribution in [3.63, 3.8) is 0 Å². The van der Waals surface area contributed by atoms with Crippen LogP contribution in [0, 0.1) is 11.3 Å². The lowest BCUT2D eigenvalue weighted by atomic mass is 10.1. The zero-order valence-electron chi connectivity index (χ0n) is 21.9. The lowest BCUT2D eigenvalue weighted by Gasteiger charge is -2.13. The number of rotatable bonds is 9. The Bertz CT molecular complexity index is 1620. The molecular weight excluding hydrogens is 526 g/mol. The number of aliphatic hydroxyl groups excluding tert-OH is 1. The molecule has 1 aliphatic heterocycles. The summed E-state index contributed by atoms with van der Waals surface area (Å²) in [4.78, 5) is 33.1. The van der Waals surface area contributed by atoms with Gasteiger partial charge in [0.15, 0.2) is 17.8 Å². The first-order chi connectivity index (χ1) is 20.0. The second-order valence-corrected chi connectivity index (χ2v) is 9.32. The predicted molar refractivity (Wildman–Crippen MR) is 148 cm³/mol. The molecule has 0 saturated carbocycles. The number of hydrogen-bond acceptors (Lipinski definition) is 10. The van der Waals surface area contributed by atoms with Gasteiger partial charge >= 0.3 is 6.09 Å². The number of nitrogens with one attached hydrogen (secondary N) is 2. The number of amides is 1. The number of aromatic nitrogens is 4. The van der Waals surface area contributed by atoms with E-state index in [2.05, 4.69) is 31.8 Å². The molecule has 2 aromatic heterocycles. The van der Waals surface area contributed by atoms with Crippen molar-refractivity contribution >= 4 is 6.09 Å². The van der Waals surface area contributed by atoms with Crippen LogP contribution in [0.2, 0.25) is 0 Å². The first-order valence-electron chi connectivity index (χ1n) is 13.0. The van der Waals surface area contributed by atoms with Crippen LogP contribution >= 0.6 is 0 Å². The summed E-state index contributed by atoms with van der Waals surface area (Å²) in [6.45, 7) is 1.05. The highest BCUT2D eigenvalue weighted by Crippen LogP contribution is 2.20. The predicted octanol–water partition coefficient (Wildman–Crippen LogP) is 2.07. The molecule has 1 aliphatic rings. The molecule has 0 aliphatic carbocycles. The lowest BCUT2D eigenvalue weighted by Crippen LogP contribution is -2.35. The third-order valence-electron chi connectivity index (χ3n) is 6.26. The highest BCUT2D eigenvalue weighted by atomic mass is 16.6. The third-order valence-corrected chi connectivity index (χ3v) is 6.26. The van der Waals surface area contributed by atoms with Crippen molar-refractivity contribution in [1.29, 1.82) is 5.26 Å². The maximum Gasteiger partial charge on any atom is 0.408 e. The van der Waals surface area contributed by atoms with E-state index in [4.69, 9.17) is 9.47 Å². The van der Waals surface area contributed by atoms with Gasteiger partial charge in [0.25, 0.3) is 5.56 Å². The molecule has 0 radical (unpaired) electrons. The van der Waals surface area contributed by atoms with Crippen LogP contribution in [0.1, 0.15) is 17.5 Å². The maximum atomic E-state index is 12.5. The van der Waals surface area contributed by atoms with E-state index in [9.17, 15) is 20.0 Å². The molecule has 12 heteroatoms. The number of carbonyl (C=O) groups excluding carboxylic acids is 1. The van der Waals surface area contributed by atoms with E-state index in [1.807, 2.05) is 30.3 Å². The minimum atomic E-state index is -0.593. The molecule has 0 unspecified atom stereocenters. The molecule has 5 rings (SSSR count). The van der Waals surface area contributed by atoms with Gasteiger partial charge < -0.3 is 19.9 Å². The number of benzene rings is 2. The monoisotopic (exact) mass is 553 g/mol. The Balaban J connectivity index is 1.17. The largest absolute Gasteiger partial charge is 0.489 e. The van der Waals surface area contributed by atoms with Gasteiger partial charge in [-0.25, -0.2) is 19.4 Å². The average Bonchev–Trinajstić information content (AvgIpc) is 3.41. The van der Waals surface area contributed by atoms with Gasteiger partial charge in [0.1, 0.15) is 6.61 Å². The van der Waals surface area contributed by atoms with Gasteiger partial charge in [-0.2, -0.15) is 10.4 Å². The molecule has 4 aromatic rings. The summed E-state index contributed by atoms with van der Waals surface area (Å²) in [5.74, 6) is 0.920. The first-order valence-corrected chi connectivity index (χ1v) is 13.0. The number of hydrogen-bond donors (Lipinski definition) is 3. The fraction of sp³-hybridized carbons (Fsp3) is 0.241. The van der Waals surface area contributed by atoms with Crippen molar-refractivity contribution in [2.45, 2.75) is 25.3 Å². The van der Waals surface area contributed by atoms with Crippen LogP contribution < -0.4 is 20.9 Å². The van der Waals surface area contributed by atoms with Crippen LogP contribution in [0.5, 0.6) is 5.75 Å². The van der Waals surface area contributed by atoms with Gasteiger partial charge in [-0.3, -0.25) is 10.1 Å². The molecular formula is C29H27N7O5. The Morgan fingerprint density at radius 2 is 1.93 bits per heavy atom. The Morgan fingerprint density at radius 3 is 2.71 bits per heavy atom. The van der Waals surface area contributed by atoms with Crippen molar-refractivity contribution in [2.24, 2.45) is 0 Å². The van der Waals surface area contributed by atoms with E-state index in [1.165, 1.54) is 10.7 Å². The van der Waals surface area contributed by atoms with Crippen molar-refractivity contribution in [1.82, 2.24) is 30.4 Å².